The van der Waals surface area contributed by atoms with E-state index in [0.717, 1.165) is 11.5 Å². The molecule has 0 atom stereocenters. The number of hydrogen-bond donors (Lipinski definition) is 0. The molecule has 0 unspecified atom stereocenters. The Morgan fingerprint density at radius 1 is 1.13 bits per heavy atom. The quantitative estimate of drug-likeness (QED) is 0.707. The van der Waals surface area contributed by atoms with Gasteiger partial charge in [-0.15, -0.1) is 0 Å². The van der Waals surface area contributed by atoms with Gasteiger partial charge in [0.25, 0.3) is 0 Å². The van der Waals surface area contributed by atoms with Crippen LogP contribution in [-0.4, -0.2) is 17.8 Å². The van der Waals surface area contributed by atoms with Gasteiger partial charge in [0.05, 0.1) is 5.75 Å². The summed E-state index contributed by atoms with van der Waals surface area (Å²) in [5, 5.41) is 0. The summed E-state index contributed by atoms with van der Waals surface area (Å²) in [5.41, 5.74) is 0.555. The van der Waals surface area contributed by atoms with Gasteiger partial charge in [0.1, 0.15) is 17.3 Å². The summed E-state index contributed by atoms with van der Waals surface area (Å²) in [6.45, 7) is 0. The van der Waals surface area contributed by atoms with Crippen LogP contribution in [0.1, 0.15) is 5.56 Å². The van der Waals surface area contributed by atoms with Crippen LogP contribution in [0, 0.1) is 12.1 Å². The standard InChI is InChI=1S/C15H10FN2O3S2/c16-12-4-6-13(7-5-12)21-14-3-1-2-11(8-14)9-23(19,20)15-17-10-18-22-15/h1-8H,9H2. The van der Waals surface area contributed by atoms with E-state index >= 15 is 0 Å². The van der Waals surface area contributed by atoms with Crippen molar-refractivity contribution in [2.45, 2.75) is 10.1 Å². The molecule has 117 valence electrons. The number of ether oxygens (including phenoxy) is 1. The average molecular weight is 349 g/mol. The largest absolute Gasteiger partial charge is 0.457 e. The molecule has 1 radical (unpaired) electrons. The third-order valence-electron chi connectivity index (χ3n) is 2.88. The number of rotatable bonds is 5. The Bertz CT molecular complexity index is 895. The van der Waals surface area contributed by atoms with Gasteiger partial charge in [-0.05, 0) is 53.5 Å². The molecule has 0 saturated carbocycles. The summed E-state index contributed by atoms with van der Waals surface area (Å²) >= 11 is 0.786. The molecule has 0 aliphatic carbocycles. The highest BCUT2D eigenvalue weighted by atomic mass is 32.2. The van der Waals surface area contributed by atoms with Crippen molar-refractivity contribution in [3.8, 4) is 11.5 Å². The van der Waals surface area contributed by atoms with Crippen LogP contribution in [-0.2, 0) is 15.6 Å². The van der Waals surface area contributed by atoms with Crippen molar-refractivity contribution in [3.05, 3.63) is 66.2 Å². The molecule has 1 heterocycles. The minimum atomic E-state index is -3.56. The van der Waals surface area contributed by atoms with Crippen LogP contribution in [0.25, 0.3) is 0 Å². The van der Waals surface area contributed by atoms with Gasteiger partial charge in [-0.25, -0.2) is 17.8 Å². The van der Waals surface area contributed by atoms with E-state index in [9.17, 15) is 12.8 Å². The van der Waals surface area contributed by atoms with Gasteiger partial charge in [0.2, 0.25) is 20.5 Å². The first-order valence-electron chi connectivity index (χ1n) is 6.48. The molecule has 0 saturated heterocycles. The van der Waals surface area contributed by atoms with E-state index in [4.69, 9.17) is 4.74 Å². The summed E-state index contributed by atoms with van der Waals surface area (Å²) in [4.78, 5) is 3.61. The lowest BCUT2D eigenvalue weighted by Gasteiger charge is -2.07. The second kappa shape index (κ2) is 6.43. The van der Waals surface area contributed by atoms with Crippen LogP contribution in [0.3, 0.4) is 0 Å². The van der Waals surface area contributed by atoms with E-state index in [2.05, 4.69) is 15.7 Å². The van der Waals surface area contributed by atoms with Crippen molar-refractivity contribution in [1.29, 1.82) is 0 Å². The van der Waals surface area contributed by atoms with Gasteiger partial charge in [0, 0.05) is 0 Å². The van der Waals surface area contributed by atoms with E-state index in [-0.39, 0.29) is 15.9 Å². The van der Waals surface area contributed by atoms with Crippen molar-refractivity contribution in [2.75, 3.05) is 0 Å². The van der Waals surface area contributed by atoms with Crippen LogP contribution < -0.4 is 4.74 Å². The fraction of sp³-hybridized carbons (Fsp3) is 0.0667. The molecule has 0 aliphatic rings. The summed E-state index contributed by atoms with van der Waals surface area (Å²) in [5.74, 6) is 0.362. The number of sulfone groups is 1. The molecule has 0 aliphatic heterocycles. The monoisotopic (exact) mass is 349 g/mol. The minimum absolute atomic E-state index is 0.0673. The first-order chi connectivity index (χ1) is 11.0. The predicted octanol–water partition coefficient (Wildman–Crippen LogP) is 3.24. The molecular formula is C15H10FN2O3S2. The Morgan fingerprint density at radius 3 is 2.61 bits per heavy atom. The zero-order chi connectivity index (χ0) is 16.3. The van der Waals surface area contributed by atoms with Gasteiger partial charge < -0.3 is 4.74 Å². The van der Waals surface area contributed by atoms with Crippen molar-refractivity contribution in [3.63, 3.8) is 0 Å². The second-order valence-corrected chi connectivity index (χ2v) is 7.54. The maximum absolute atomic E-state index is 12.9. The van der Waals surface area contributed by atoms with Crippen molar-refractivity contribution in [1.82, 2.24) is 9.36 Å². The summed E-state index contributed by atoms with van der Waals surface area (Å²) in [6.07, 6.45) is 2.25. The predicted molar refractivity (Wildman–Crippen MR) is 82.6 cm³/mol. The molecule has 3 rings (SSSR count). The number of aromatic nitrogens is 2. The van der Waals surface area contributed by atoms with E-state index < -0.39 is 9.84 Å². The SMILES string of the molecule is O=S(=O)(Cc1cccc(Oc2ccc(F)cc2)c1)c1n[c]ns1. The second-order valence-electron chi connectivity index (χ2n) is 4.62. The molecule has 5 nitrogen and oxygen atoms in total. The van der Waals surface area contributed by atoms with Crippen LogP contribution in [0.4, 0.5) is 4.39 Å². The van der Waals surface area contributed by atoms with E-state index in [0.29, 0.717) is 17.1 Å². The first-order valence-corrected chi connectivity index (χ1v) is 8.90. The number of hydrogen-bond acceptors (Lipinski definition) is 6. The maximum atomic E-state index is 12.9. The fourth-order valence-corrected chi connectivity index (χ4v) is 3.79. The lowest BCUT2D eigenvalue weighted by atomic mass is 10.2. The molecule has 1 aromatic heterocycles. The van der Waals surface area contributed by atoms with E-state index in [1.165, 1.54) is 24.3 Å². The lowest BCUT2D eigenvalue weighted by Crippen LogP contribution is -2.04. The Balaban J connectivity index is 1.79. The average Bonchev–Trinajstić information content (AvgIpc) is 3.05. The van der Waals surface area contributed by atoms with Gasteiger partial charge in [0.15, 0.2) is 0 Å². The highest BCUT2D eigenvalue weighted by Gasteiger charge is 2.19. The van der Waals surface area contributed by atoms with Crippen LogP contribution in [0.2, 0.25) is 0 Å². The normalized spacial score (nSPS) is 11.3. The zero-order valence-electron chi connectivity index (χ0n) is 11.6. The van der Waals surface area contributed by atoms with Crippen molar-refractivity contribution < 1.29 is 17.5 Å². The summed E-state index contributed by atoms with van der Waals surface area (Å²) < 4.78 is 46.3. The van der Waals surface area contributed by atoms with Gasteiger partial charge in [-0.2, -0.15) is 4.37 Å². The molecule has 0 fully saturated rings. The van der Waals surface area contributed by atoms with Crippen molar-refractivity contribution >= 4 is 21.4 Å². The molecule has 3 aromatic rings. The molecule has 2 aromatic carbocycles. The van der Waals surface area contributed by atoms with Crippen LogP contribution in [0.5, 0.6) is 11.5 Å². The summed E-state index contributed by atoms with van der Waals surface area (Å²) in [6, 6.07) is 12.2. The third-order valence-corrected chi connectivity index (χ3v) is 5.62. The fourth-order valence-electron chi connectivity index (χ4n) is 1.89. The highest BCUT2D eigenvalue weighted by molar-refractivity contribution is 7.92. The van der Waals surface area contributed by atoms with Gasteiger partial charge in [-0.1, -0.05) is 12.1 Å². The van der Waals surface area contributed by atoms with Gasteiger partial charge in [-0.3, -0.25) is 0 Å². The zero-order valence-corrected chi connectivity index (χ0v) is 13.3. The molecular weight excluding hydrogens is 339 g/mol. The van der Waals surface area contributed by atoms with Crippen molar-refractivity contribution in [2.24, 2.45) is 0 Å². The first kappa shape index (κ1) is 15.6. The molecule has 0 spiro atoms. The maximum Gasteiger partial charge on any atom is 0.229 e. The molecule has 0 amide bonds. The Kier molecular flexibility index (Phi) is 4.35. The smallest absolute Gasteiger partial charge is 0.229 e. The van der Waals surface area contributed by atoms with E-state index in [1.807, 2.05) is 0 Å². The van der Waals surface area contributed by atoms with Crippen LogP contribution in [0.15, 0.2) is 52.9 Å². The Morgan fingerprint density at radius 2 is 1.91 bits per heavy atom. The number of nitrogens with zero attached hydrogens (tertiary/aromatic N) is 2. The topological polar surface area (TPSA) is 69.2 Å². The molecule has 0 bridgehead atoms. The number of benzene rings is 2. The Labute approximate surface area is 136 Å². The van der Waals surface area contributed by atoms with E-state index in [1.54, 1.807) is 24.3 Å². The molecule has 8 heteroatoms. The number of halogens is 1. The molecule has 23 heavy (non-hydrogen) atoms. The molecule has 0 N–H and O–H groups in total. The lowest BCUT2D eigenvalue weighted by molar-refractivity contribution is 0.480. The van der Waals surface area contributed by atoms with Gasteiger partial charge >= 0.3 is 0 Å². The Hall–Kier alpha value is -2.32. The highest BCUT2D eigenvalue weighted by Crippen LogP contribution is 2.24. The summed E-state index contributed by atoms with van der Waals surface area (Å²) in [7, 11) is -3.56. The minimum Gasteiger partial charge on any atom is -0.457 e. The van der Waals surface area contributed by atoms with Crippen LogP contribution >= 0.6 is 11.5 Å². The third kappa shape index (κ3) is 3.91.